The highest BCUT2D eigenvalue weighted by molar-refractivity contribution is 7.80. The second-order valence-electron chi connectivity index (χ2n) is 4.20. The molecule has 0 fully saturated rings. The molecule has 0 spiro atoms. The topological polar surface area (TPSA) is 99.8 Å². The van der Waals surface area contributed by atoms with Gasteiger partial charge in [0.25, 0.3) is 0 Å². The molecule has 8 heteroatoms. The van der Waals surface area contributed by atoms with Crippen molar-refractivity contribution < 1.29 is 10.0 Å². The van der Waals surface area contributed by atoms with Gasteiger partial charge >= 0.3 is 5.69 Å². The van der Waals surface area contributed by atoms with Crippen LogP contribution in [0.1, 0.15) is 5.56 Å². The van der Waals surface area contributed by atoms with Gasteiger partial charge in [-0.15, -0.1) is 0 Å². The molecule has 2 rings (SSSR count). The van der Waals surface area contributed by atoms with E-state index in [2.05, 4.69) is 15.8 Å². The van der Waals surface area contributed by atoms with Gasteiger partial charge in [-0.05, 0) is 36.5 Å². The van der Waals surface area contributed by atoms with Crippen molar-refractivity contribution in [2.75, 3.05) is 5.32 Å². The third kappa shape index (κ3) is 4.25. The zero-order chi connectivity index (χ0) is 15.9. The second kappa shape index (κ2) is 7.14. The molecule has 0 aliphatic carbocycles. The standard InChI is InChI=1S/C14H12N4O3S/c19-13-7-6-10(8-12(13)18(20)21)9-15-17-14(22)16-11-4-2-1-3-5-11/h1-9,19H,(H2,16,17,22)/b15-9+. The smallest absolute Gasteiger partial charge is 0.311 e. The summed E-state index contributed by atoms with van der Waals surface area (Å²) in [4.78, 5) is 10.0. The summed E-state index contributed by atoms with van der Waals surface area (Å²) in [7, 11) is 0. The van der Waals surface area contributed by atoms with Gasteiger partial charge in [0.15, 0.2) is 10.9 Å². The molecule has 0 atom stereocenters. The predicted octanol–water partition coefficient (Wildman–Crippen LogP) is 2.62. The molecule has 0 unspecified atom stereocenters. The highest BCUT2D eigenvalue weighted by Gasteiger charge is 2.12. The fourth-order valence-electron chi connectivity index (χ4n) is 1.61. The lowest BCUT2D eigenvalue weighted by Crippen LogP contribution is -2.23. The first-order valence-electron chi connectivity index (χ1n) is 6.19. The molecule has 0 radical (unpaired) electrons. The Kier molecular flexibility index (Phi) is 4.99. The van der Waals surface area contributed by atoms with Crippen LogP contribution in [-0.4, -0.2) is 21.4 Å². The Labute approximate surface area is 131 Å². The highest BCUT2D eigenvalue weighted by atomic mass is 32.1. The lowest BCUT2D eigenvalue weighted by Gasteiger charge is -2.06. The summed E-state index contributed by atoms with van der Waals surface area (Å²) in [5, 5.41) is 27.2. The second-order valence-corrected chi connectivity index (χ2v) is 4.60. The molecule has 112 valence electrons. The highest BCUT2D eigenvalue weighted by Crippen LogP contribution is 2.25. The Hall–Kier alpha value is -3.00. The minimum absolute atomic E-state index is 0.288. The molecule has 0 aliphatic rings. The third-order valence-electron chi connectivity index (χ3n) is 2.61. The number of nitro benzene ring substituents is 1. The number of aromatic hydroxyl groups is 1. The van der Waals surface area contributed by atoms with Crippen molar-refractivity contribution in [3.63, 3.8) is 0 Å². The number of nitrogens with one attached hydrogen (secondary N) is 2. The van der Waals surface area contributed by atoms with Crippen molar-refractivity contribution in [2.24, 2.45) is 5.10 Å². The van der Waals surface area contributed by atoms with Gasteiger partial charge in [0.1, 0.15) is 0 Å². The first kappa shape index (κ1) is 15.4. The largest absolute Gasteiger partial charge is 0.502 e. The van der Waals surface area contributed by atoms with Gasteiger partial charge in [-0.25, -0.2) is 0 Å². The first-order chi connectivity index (χ1) is 10.6. The third-order valence-corrected chi connectivity index (χ3v) is 2.80. The summed E-state index contributed by atoms with van der Waals surface area (Å²) < 4.78 is 0. The molecule has 2 aromatic carbocycles. The van der Waals surface area contributed by atoms with Crippen molar-refractivity contribution in [1.82, 2.24) is 5.43 Å². The number of phenolic OH excluding ortho intramolecular Hbond substituents is 1. The van der Waals surface area contributed by atoms with Crippen molar-refractivity contribution in [2.45, 2.75) is 0 Å². The van der Waals surface area contributed by atoms with Gasteiger partial charge in [-0.1, -0.05) is 18.2 Å². The molecule has 3 N–H and O–H groups in total. The van der Waals surface area contributed by atoms with Gasteiger partial charge in [-0.3, -0.25) is 15.5 Å². The molecular weight excluding hydrogens is 304 g/mol. The Morgan fingerprint density at radius 3 is 2.68 bits per heavy atom. The lowest BCUT2D eigenvalue weighted by atomic mass is 10.2. The summed E-state index contributed by atoms with van der Waals surface area (Å²) in [6.07, 6.45) is 1.37. The first-order valence-corrected chi connectivity index (χ1v) is 6.59. The summed E-state index contributed by atoms with van der Waals surface area (Å²) in [5.74, 6) is -0.392. The molecule has 0 aliphatic heterocycles. The van der Waals surface area contributed by atoms with E-state index in [1.165, 1.54) is 24.4 Å². The van der Waals surface area contributed by atoms with Crippen LogP contribution in [0, 0.1) is 10.1 Å². The Balaban J connectivity index is 1.96. The number of hydrazone groups is 1. The van der Waals surface area contributed by atoms with Gasteiger partial charge in [-0.2, -0.15) is 5.10 Å². The summed E-state index contributed by atoms with van der Waals surface area (Å²) in [6.45, 7) is 0. The van der Waals surface area contributed by atoms with E-state index in [1.54, 1.807) is 0 Å². The van der Waals surface area contributed by atoms with E-state index in [4.69, 9.17) is 12.2 Å². The average molecular weight is 316 g/mol. The lowest BCUT2D eigenvalue weighted by molar-refractivity contribution is -0.385. The van der Waals surface area contributed by atoms with Crippen LogP contribution < -0.4 is 10.7 Å². The average Bonchev–Trinajstić information content (AvgIpc) is 2.49. The molecule has 0 amide bonds. The molecule has 2 aromatic rings. The van der Waals surface area contributed by atoms with E-state index in [-0.39, 0.29) is 10.8 Å². The SMILES string of the molecule is O=[N+]([O-])c1cc(/C=N/NC(=S)Nc2ccccc2)ccc1O. The van der Waals surface area contributed by atoms with Gasteiger partial charge < -0.3 is 10.4 Å². The van der Waals surface area contributed by atoms with Gasteiger partial charge in [0.2, 0.25) is 0 Å². The van der Waals surface area contributed by atoms with E-state index in [0.717, 1.165) is 5.69 Å². The molecule has 0 saturated heterocycles. The predicted molar refractivity (Wildman–Crippen MR) is 88.2 cm³/mol. The number of hydrogen-bond acceptors (Lipinski definition) is 5. The number of benzene rings is 2. The number of thiocarbonyl (C=S) groups is 1. The summed E-state index contributed by atoms with van der Waals surface area (Å²) in [6, 6.07) is 13.3. The van der Waals surface area contributed by atoms with E-state index in [1.807, 2.05) is 30.3 Å². The van der Waals surface area contributed by atoms with E-state index < -0.39 is 10.7 Å². The molecule has 0 aromatic heterocycles. The number of rotatable bonds is 4. The number of nitrogens with zero attached hydrogens (tertiary/aromatic N) is 2. The number of nitro groups is 1. The molecule has 7 nitrogen and oxygen atoms in total. The van der Waals surface area contributed by atoms with Crippen molar-refractivity contribution >= 4 is 34.9 Å². The zero-order valence-corrected chi connectivity index (χ0v) is 12.1. The maximum Gasteiger partial charge on any atom is 0.311 e. The molecule has 22 heavy (non-hydrogen) atoms. The quantitative estimate of drug-likeness (QED) is 0.347. The summed E-state index contributed by atoms with van der Waals surface area (Å²) >= 11 is 5.06. The zero-order valence-electron chi connectivity index (χ0n) is 11.3. The number of para-hydroxylation sites is 1. The van der Waals surface area contributed by atoms with Crippen LogP contribution in [0.15, 0.2) is 53.6 Å². The maximum atomic E-state index is 10.7. The van der Waals surface area contributed by atoms with Crippen molar-refractivity contribution in [3.8, 4) is 5.75 Å². The van der Waals surface area contributed by atoms with Crippen LogP contribution >= 0.6 is 12.2 Å². The van der Waals surface area contributed by atoms with Crippen LogP contribution in [0.25, 0.3) is 0 Å². The number of phenols is 1. The van der Waals surface area contributed by atoms with E-state index >= 15 is 0 Å². The normalized spacial score (nSPS) is 10.4. The Bertz CT molecular complexity index is 719. The van der Waals surface area contributed by atoms with Crippen LogP contribution in [0.5, 0.6) is 5.75 Å². The fraction of sp³-hybridized carbons (Fsp3) is 0. The Morgan fingerprint density at radius 2 is 2.00 bits per heavy atom. The summed E-state index contributed by atoms with van der Waals surface area (Å²) in [5.41, 5.74) is 3.49. The fourth-order valence-corrected chi connectivity index (χ4v) is 1.78. The molecule has 0 saturated carbocycles. The number of hydrogen-bond donors (Lipinski definition) is 3. The number of anilines is 1. The van der Waals surface area contributed by atoms with Gasteiger partial charge in [0.05, 0.1) is 11.1 Å². The van der Waals surface area contributed by atoms with Crippen molar-refractivity contribution in [1.29, 1.82) is 0 Å². The van der Waals surface area contributed by atoms with Crippen LogP contribution in [0.3, 0.4) is 0 Å². The minimum Gasteiger partial charge on any atom is -0.502 e. The minimum atomic E-state index is -0.665. The molecule has 0 bridgehead atoms. The van der Waals surface area contributed by atoms with Crippen LogP contribution in [0.2, 0.25) is 0 Å². The van der Waals surface area contributed by atoms with Gasteiger partial charge in [0, 0.05) is 17.3 Å². The van der Waals surface area contributed by atoms with E-state index in [9.17, 15) is 15.2 Å². The van der Waals surface area contributed by atoms with Crippen LogP contribution in [0.4, 0.5) is 11.4 Å². The monoisotopic (exact) mass is 316 g/mol. The Morgan fingerprint density at radius 1 is 1.27 bits per heavy atom. The van der Waals surface area contributed by atoms with E-state index in [0.29, 0.717) is 5.56 Å². The molecular formula is C14H12N4O3S. The molecule has 0 heterocycles. The maximum absolute atomic E-state index is 10.7. The van der Waals surface area contributed by atoms with Crippen LogP contribution in [-0.2, 0) is 0 Å². The van der Waals surface area contributed by atoms with Crippen molar-refractivity contribution in [3.05, 3.63) is 64.2 Å².